The van der Waals surface area contributed by atoms with Crippen LogP contribution in [0, 0.1) is 5.92 Å². The third kappa shape index (κ3) is 3.67. The minimum Gasteiger partial charge on any atom is -0.459 e. The molecule has 0 unspecified atom stereocenters. The van der Waals surface area contributed by atoms with E-state index in [4.69, 9.17) is 9.47 Å². The predicted molar refractivity (Wildman–Crippen MR) is 74.9 cm³/mol. The van der Waals surface area contributed by atoms with E-state index in [2.05, 4.69) is 0 Å². The molecule has 2 rings (SSSR count). The lowest BCUT2D eigenvalue weighted by molar-refractivity contribution is -0.0118. The van der Waals surface area contributed by atoms with Crippen molar-refractivity contribution in [2.75, 3.05) is 13.2 Å². The first kappa shape index (κ1) is 14.7. The Kier molecular flexibility index (Phi) is 4.90. The lowest BCUT2D eigenvalue weighted by Crippen LogP contribution is -2.29. The first-order valence-electron chi connectivity index (χ1n) is 6.97. The molecule has 1 fully saturated rings. The Morgan fingerprint density at radius 2 is 1.70 bits per heavy atom. The molecular weight excluding hydrogens is 256 g/mol. The van der Waals surface area contributed by atoms with E-state index in [1.165, 1.54) is 6.92 Å². The van der Waals surface area contributed by atoms with Gasteiger partial charge in [0.15, 0.2) is 5.78 Å². The van der Waals surface area contributed by atoms with E-state index in [1.54, 1.807) is 24.3 Å². The fourth-order valence-electron chi connectivity index (χ4n) is 2.36. The highest BCUT2D eigenvalue weighted by molar-refractivity contribution is 5.96. The van der Waals surface area contributed by atoms with Gasteiger partial charge in [-0.25, -0.2) is 4.79 Å². The van der Waals surface area contributed by atoms with Gasteiger partial charge in [0, 0.05) is 24.7 Å². The second kappa shape index (κ2) is 6.66. The van der Waals surface area contributed by atoms with E-state index in [-0.39, 0.29) is 17.9 Å². The predicted octanol–water partition coefficient (Wildman–Crippen LogP) is 2.86. The number of rotatable bonds is 4. The Hall–Kier alpha value is -1.68. The number of hydrogen-bond acceptors (Lipinski definition) is 4. The third-order valence-corrected chi connectivity index (χ3v) is 3.75. The van der Waals surface area contributed by atoms with Gasteiger partial charge in [0.2, 0.25) is 0 Å². The summed E-state index contributed by atoms with van der Waals surface area (Å²) in [6.45, 7) is 4.90. The quantitative estimate of drug-likeness (QED) is 0.627. The van der Waals surface area contributed by atoms with Crippen LogP contribution in [0.1, 0.15) is 47.4 Å². The van der Waals surface area contributed by atoms with E-state index in [9.17, 15) is 9.59 Å². The Morgan fingerprint density at radius 1 is 1.15 bits per heavy atom. The SMILES string of the molecule is CC(=O)c1ccc(C(=O)O[C@H](C)C2CCOCC2)cc1. The van der Waals surface area contributed by atoms with E-state index in [0.717, 1.165) is 26.1 Å². The molecular formula is C16H20O4. The fourth-order valence-corrected chi connectivity index (χ4v) is 2.36. The molecule has 0 radical (unpaired) electrons. The van der Waals surface area contributed by atoms with Crippen LogP contribution in [0.3, 0.4) is 0 Å². The van der Waals surface area contributed by atoms with E-state index < -0.39 is 0 Å². The second-order valence-corrected chi connectivity index (χ2v) is 5.19. The van der Waals surface area contributed by atoms with Crippen molar-refractivity contribution in [3.63, 3.8) is 0 Å². The molecule has 0 amide bonds. The molecule has 4 heteroatoms. The Labute approximate surface area is 119 Å². The van der Waals surface area contributed by atoms with Gasteiger partial charge in [-0.2, -0.15) is 0 Å². The van der Waals surface area contributed by atoms with Crippen LogP contribution < -0.4 is 0 Å². The molecule has 4 nitrogen and oxygen atoms in total. The lowest BCUT2D eigenvalue weighted by Gasteiger charge is -2.27. The summed E-state index contributed by atoms with van der Waals surface area (Å²) in [5, 5.41) is 0. The normalized spacial score (nSPS) is 17.5. The maximum absolute atomic E-state index is 12.0. The number of carbonyl (C=O) groups is 2. The average Bonchev–Trinajstić information content (AvgIpc) is 2.48. The molecule has 1 aliphatic rings. The smallest absolute Gasteiger partial charge is 0.338 e. The molecule has 0 spiro atoms. The standard InChI is InChI=1S/C16H20O4/c1-11(17)13-3-5-15(6-4-13)16(18)20-12(2)14-7-9-19-10-8-14/h3-6,12,14H,7-10H2,1-2H3/t12-/m1/s1. The molecule has 1 aromatic carbocycles. The van der Waals surface area contributed by atoms with Crippen LogP contribution in [0.25, 0.3) is 0 Å². The van der Waals surface area contributed by atoms with Crippen molar-refractivity contribution in [3.05, 3.63) is 35.4 Å². The van der Waals surface area contributed by atoms with Crippen LogP contribution in [-0.2, 0) is 9.47 Å². The van der Waals surface area contributed by atoms with Gasteiger partial charge in [-0.1, -0.05) is 12.1 Å². The van der Waals surface area contributed by atoms with Crippen LogP contribution in [0.15, 0.2) is 24.3 Å². The van der Waals surface area contributed by atoms with Crippen molar-refractivity contribution in [1.29, 1.82) is 0 Å². The molecule has 1 aliphatic heterocycles. The Bertz CT molecular complexity index is 472. The lowest BCUT2D eigenvalue weighted by atomic mass is 9.95. The molecule has 1 aromatic rings. The maximum Gasteiger partial charge on any atom is 0.338 e. The van der Waals surface area contributed by atoms with Gasteiger partial charge in [0.1, 0.15) is 6.10 Å². The highest BCUT2D eigenvalue weighted by Gasteiger charge is 2.24. The zero-order valence-electron chi connectivity index (χ0n) is 11.9. The summed E-state index contributed by atoms with van der Waals surface area (Å²) in [5.74, 6) is 0.0174. The summed E-state index contributed by atoms with van der Waals surface area (Å²) in [4.78, 5) is 23.2. The number of Topliss-reactive ketones (excluding diaryl/α,β-unsaturated/α-hetero) is 1. The van der Waals surface area contributed by atoms with Gasteiger partial charge in [-0.3, -0.25) is 4.79 Å². The number of ketones is 1. The zero-order valence-corrected chi connectivity index (χ0v) is 11.9. The first-order valence-corrected chi connectivity index (χ1v) is 6.97. The Morgan fingerprint density at radius 3 is 2.25 bits per heavy atom. The van der Waals surface area contributed by atoms with Crippen molar-refractivity contribution in [1.82, 2.24) is 0 Å². The minimum absolute atomic E-state index is 0.0134. The van der Waals surface area contributed by atoms with Gasteiger partial charge in [-0.15, -0.1) is 0 Å². The summed E-state index contributed by atoms with van der Waals surface area (Å²) >= 11 is 0. The molecule has 0 aliphatic carbocycles. The van der Waals surface area contributed by atoms with Gasteiger partial charge < -0.3 is 9.47 Å². The molecule has 20 heavy (non-hydrogen) atoms. The van der Waals surface area contributed by atoms with Crippen molar-refractivity contribution >= 4 is 11.8 Å². The monoisotopic (exact) mass is 276 g/mol. The number of benzene rings is 1. The third-order valence-electron chi connectivity index (χ3n) is 3.75. The van der Waals surface area contributed by atoms with Crippen molar-refractivity contribution < 1.29 is 19.1 Å². The molecule has 1 heterocycles. The summed E-state index contributed by atoms with van der Waals surface area (Å²) in [6.07, 6.45) is 1.74. The summed E-state index contributed by atoms with van der Waals surface area (Å²) in [6, 6.07) is 6.57. The molecule has 0 aromatic heterocycles. The summed E-state index contributed by atoms with van der Waals surface area (Å²) < 4.78 is 10.8. The average molecular weight is 276 g/mol. The highest BCUT2D eigenvalue weighted by Crippen LogP contribution is 2.21. The Balaban J connectivity index is 1.95. The minimum atomic E-state index is -0.334. The summed E-state index contributed by atoms with van der Waals surface area (Å²) in [7, 11) is 0. The van der Waals surface area contributed by atoms with Gasteiger partial charge in [-0.05, 0) is 38.8 Å². The van der Waals surface area contributed by atoms with E-state index in [0.29, 0.717) is 17.0 Å². The number of carbonyl (C=O) groups excluding carboxylic acids is 2. The largest absolute Gasteiger partial charge is 0.459 e. The van der Waals surface area contributed by atoms with Crippen molar-refractivity contribution in [3.8, 4) is 0 Å². The second-order valence-electron chi connectivity index (χ2n) is 5.19. The van der Waals surface area contributed by atoms with Crippen molar-refractivity contribution in [2.45, 2.75) is 32.8 Å². The van der Waals surface area contributed by atoms with Crippen LogP contribution in [0.4, 0.5) is 0 Å². The number of ether oxygens (including phenoxy) is 2. The van der Waals surface area contributed by atoms with Crippen LogP contribution in [0.5, 0.6) is 0 Å². The highest BCUT2D eigenvalue weighted by atomic mass is 16.5. The molecule has 108 valence electrons. The van der Waals surface area contributed by atoms with Crippen LogP contribution in [-0.4, -0.2) is 31.1 Å². The first-order chi connectivity index (χ1) is 9.58. The maximum atomic E-state index is 12.0. The van der Waals surface area contributed by atoms with E-state index in [1.807, 2.05) is 6.92 Å². The zero-order chi connectivity index (χ0) is 14.5. The molecule has 1 saturated heterocycles. The topological polar surface area (TPSA) is 52.6 Å². The number of hydrogen-bond donors (Lipinski definition) is 0. The number of esters is 1. The van der Waals surface area contributed by atoms with Gasteiger partial charge in [0.05, 0.1) is 5.56 Å². The van der Waals surface area contributed by atoms with Crippen LogP contribution >= 0.6 is 0 Å². The summed E-state index contributed by atoms with van der Waals surface area (Å²) in [5.41, 5.74) is 1.08. The van der Waals surface area contributed by atoms with E-state index >= 15 is 0 Å². The van der Waals surface area contributed by atoms with Gasteiger partial charge >= 0.3 is 5.97 Å². The molecule has 0 N–H and O–H groups in total. The van der Waals surface area contributed by atoms with Crippen molar-refractivity contribution in [2.24, 2.45) is 5.92 Å². The van der Waals surface area contributed by atoms with Crippen LogP contribution in [0.2, 0.25) is 0 Å². The molecule has 1 atom stereocenters. The molecule has 0 bridgehead atoms. The fraction of sp³-hybridized carbons (Fsp3) is 0.500. The van der Waals surface area contributed by atoms with Gasteiger partial charge in [0.25, 0.3) is 0 Å². The molecule has 0 saturated carbocycles.